The number of aromatic carboxylic acids is 2. The molecule has 376 valence electrons. The van der Waals surface area contributed by atoms with Crippen molar-refractivity contribution in [3.63, 3.8) is 0 Å². The number of anilines is 6. The highest BCUT2D eigenvalue weighted by Crippen LogP contribution is 2.45. The third kappa shape index (κ3) is 9.70. The number of H-pyrrole nitrogens is 2. The molecule has 0 amide bonds. The molecule has 8 bridgehead atoms. The Balaban J connectivity index is 1.32. The van der Waals surface area contributed by atoms with Crippen molar-refractivity contribution in [2.45, 2.75) is 48.5 Å². The number of fused-ring (bicyclic) bond motifs is 8. The number of nitrogens with zero attached hydrogens (tertiary/aromatic N) is 4. The summed E-state index contributed by atoms with van der Waals surface area (Å²) in [6, 6.07) is 50.5. The lowest BCUT2D eigenvalue weighted by Gasteiger charge is -2.27. The van der Waals surface area contributed by atoms with Gasteiger partial charge in [0.15, 0.2) is 0 Å². The molecular formula is C67H54N6O4. The molecule has 5 heterocycles. The molecule has 0 saturated heterocycles. The molecule has 0 radical (unpaired) electrons. The van der Waals surface area contributed by atoms with Gasteiger partial charge >= 0.3 is 11.9 Å². The fourth-order valence-electron chi connectivity index (χ4n) is 10.3. The first-order chi connectivity index (χ1) is 37.1. The molecule has 4 N–H and O–H groups in total. The molecule has 0 fully saturated rings. The number of hydrogen-bond donors (Lipinski definition) is 4. The van der Waals surface area contributed by atoms with Crippen LogP contribution in [0.15, 0.2) is 152 Å². The molecule has 9 aromatic rings. The minimum absolute atomic E-state index is 0.184. The monoisotopic (exact) mass is 1010 g/mol. The summed E-state index contributed by atoms with van der Waals surface area (Å²) in [7, 11) is 0. The molecule has 0 atom stereocenters. The number of benzene rings is 6. The average Bonchev–Trinajstić information content (AvgIpc) is 4.31. The zero-order valence-electron chi connectivity index (χ0n) is 43.7. The van der Waals surface area contributed by atoms with E-state index in [2.05, 4.69) is 214 Å². The maximum Gasteiger partial charge on any atom is 0.335 e. The predicted molar refractivity (Wildman–Crippen MR) is 313 cm³/mol. The van der Waals surface area contributed by atoms with Crippen LogP contribution in [0.25, 0.3) is 57.5 Å². The molecule has 2 aliphatic rings. The molecular weight excluding hydrogens is 953 g/mol. The van der Waals surface area contributed by atoms with Gasteiger partial charge in [0.2, 0.25) is 0 Å². The Hall–Kier alpha value is -9.98. The summed E-state index contributed by atoms with van der Waals surface area (Å²) in [6.07, 6.45) is 8.13. The highest BCUT2D eigenvalue weighted by molar-refractivity contribution is 6.01. The highest BCUT2D eigenvalue weighted by Gasteiger charge is 2.25. The molecule has 2 aliphatic heterocycles. The third-order valence-electron chi connectivity index (χ3n) is 14.0. The Labute approximate surface area is 447 Å². The van der Waals surface area contributed by atoms with Crippen LogP contribution in [0.5, 0.6) is 0 Å². The average molecular weight is 1010 g/mol. The minimum Gasteiger partial charge on any atom is -0.478 e. The third-order valence-corrected chi connectivity index (χ3v) is 14.0. The summed E-state index contributed by atoms with van der Waals surface area (Å²) in [5.41, 5.74) is 21.1. The maximum absolute atomic E-state index is 12.3. The maximum atomic E-state index is 12.3. The largest absolute Gasteiger partial charge is 0.478 e. The van der Waals surface area contributed by atoms with Crippen LogP contribution in [-0.4, -0.2) is 42.1 Å². The van der Waals surface area contributed by atoms with Crippen molar-refractivity contribution < 1.29 is 19.8 Å². The molecule has 0 spiro atoms. The Morgan fingerprint density at radius 3 is 1.22 bits per heavy atom. The zero-order chi connectivity index (χ0) is 53.6. The van der Waals surface area contributed by atoms with Crippen molar-refractivity contribution in [3.8, 4) is 23.0 Å². The first-order valence-corrected chi connectivity index (χ1v) is 25.4. The van der Waals surface area contributed by atoms with Crippen molar-refractivity contribution in [1.29, 1.82) is 0 Å². The van der Waals surface area contributed by atoms with Crippen LogP contribution in [0.3, 0.4) is 0 Å². The molecule has 0 aliphatic carbocycles. The van der Waals surface area contributed by atoms with Gasteiger partial charge < -0.3 is 30.0 Å². The topological polar surface area (TPSA) is 138 Å². The summed E-state index contributed by atoms with van der Waals surface area (Å²) < 4.78 is 0. The lowest BCUT2D eigenvalue weighted by atomic mass is 9.92. The Kier molecular flexibility index (Phi) is 12.8. The van der Waals surface area contributed by atoms with Crippen molar-refractivity contribution in [2.24, 2.45) is 0 Å². The van der Waals surface area contributed by atoms with E-state index in [1.54, 1.807) is 0 Å². The molecule has 6 aromatic carbocycles. The lowest BCUT2D eigenvalue weighted by molar-refractivity contribution is 0.0696. The number of carboxylic acids is 2. The number of rotatable bonds is 9. The summed E-state index contributed by atoms with van der Waals surface area (Å²) in [6.45, 7) is 14.7. The van der Waals surface area contributed by atoms with Crippen LogP contribution >= 0.6 is 0 Å². The number of hydrogen-bond acceptors (Lipinski definition) is 6. The summed E-state index contributed by atoms with van der Waals surface area (Å²) in [5, 5.41) is 20.0. The van der Waals surface area contributed by atoms with Gasteiger partial charge in [-0.1, -0.05) is 100 Å². The fraction of sp³-hybridized carbons (Fsp3) is 0.104. The van der Waals surface area contributed by atoms with Gasteiger partial charge in [-0.2, -0.15) is 0 Å². The molecule has 3 aromatic heterocycles. The summed E-state index contributed by atoms with van der Waals surface area (Å²) >= 11 is 0. The predicted octanol–water partition coefficient (Wildman–Crippen LogP) is 16.2. The van der Waals surface area contributed by atoms with E-state index in [-0.39, 0.29) is 16.7 Å². The van der Waals surface area contributed by atoms with Crippen LogP contribution < -0.4 is 9.80 Å². The van der Waals surface area contributed by atoms with Crippen molar-refractivity contribution in [2.75, 3.05) is 9.80 Å². The second kappa shape index (κ2) is 20.0. The molecule has 0 saturated carbocycles. The van der Waals surface area contributed by atoms with Gasteiger partial charge in [-0.25, -0.2) is 19.6 Å². The van der Waals surface area contributed by atoms with Gasteiger partial charge in [0.25, 0.3) is 0 Å². The number of aromatic amines is 2. The summed E-state index contributed by atoms with van der Waals surface area (Å²) in [5.74, 6) is 3.97. The second-order valence-electron chi connectivity index (χ2n) is 19.9. The molecule has 10 nitrogen and oxygen atoms in total. The quantitative estimate of drug-likeness (QED) is 0.105. The van der Waals surface area contributed by atoms with Gasteiger partial charge in [-0.15, -0.1) is 0 Å². The highest BCUT2D eigenvalue weighted by atomic mass is 16.4. The number of aromatic nitrogens is 4. The van der Waals surface area contributed by atoms with Gasteiger partial charge in [0, 0.05) is 39.4 Å². The van der Waals surface area contributed by atoms with E-state index in [0.29, 0.717) is 28.2 Å². The van der Waals surface area contributed by atoms with Crippen LogP contribution in [0.4, 0.5) is 34.1 Å². The Morgan fingerprint density at radius 1 is 0.403 bits per heavy atom. The van der Waals surface area contributed by atoms with E-state index in [0.717, 1.165) is 113 Å². The number of carbonyl (C=O) groups is 2. The standard InChI is InChI=1S/C67H54N6O4/c1-39-8-17-49(18-9-39)72(50-19-10-40(2)11-20-50)64-58-30-27-55(69-58)53(25-16-46-36-47(66(74)75)38-48(37-46)67(76)77)54-26-28-56(68-54)63(62-44(6)34-43(5)35-45(62)7)57-29-31-59(70-57)65(61-33-32-60(64)71-61)73(51-21-12-41(3)13-22-51)52-23-14-42(4)15-24-52/h8-15,17-24,26-38,69-70H,1-7H3,(H,74,75)(H,76,77). The van der Waals surface area contributed by atoms with E-state index in [1.807, 2.05) is 24.3 Å². The second-order valence-corrected chi connectivity index (χ2v) is 19.9. The van der Waals surface area contributed by atoms with Gasteiger partial charge in [-0.05, 0) is 180 Å². The van der Waals surface area contributed by atoms with Gasteiger partial charge in [0.1, 0.15) is 0 Å². The van der Waals surface area contributed by atoms with Crippen LogP contribution in [-0.2, 0) is 0 Å². The fourth-order valence-corrected chi connectivity index (χ4v) is 10.3. The molecule has 0 unspecified atom stereocenters. The smallest absolute Gasteiger partial charge is 0.335 e. The Bertz CT molecular complexity index is 4020. The van der Waals surface area contributed by atoms with E-state index >= 15 is 0 Å². The van der Waals surface area contributed by atoms with Crippen LogP contribution in [0.1, 0.15) is 93.6 Å². The molecule has 11 rings (SSSR count). The first-order valence-electron chi connectivity index (χ1n) is 25.4. The number of carboxylic acid groups (broad SMARTS) is 2. The van der Waals surface area contributed by atoms with Crippen molar-refractivity contribution in [1.82, 2.24) is 19.9 Å². The van der Waals surface area contributed by atoms with Crippen molar-refractivity contribution >= 4 is 92.4 Å². The first kappa shape index (κ1) is 49.2. The molecule has 10 heteroatoms. The van der Waals surface area contributed by atoms with E-state index in [1.165, 1.54) is 12.1 Å². The minimum atomic E-state index is -1.26. The SMILES string of the molecule is Cc1ccc(N(c2ccc(C)cc2)c2c3nc(c(N(c4ccc(C)cc4)c4ccc(C)cc4)c4ccc([nH]4)c(-c4c(C)cc(C)cc4C)c4nc(c(C#Cc5cc(C(=O)O)cc(C(=O)O)c5)c5ccc2[nH]5)C=C4)C=C3)cc1. The van der Waals surface area contributed by atoms with Crippen LogP contribution in [0, 0.1) is 60.3 Å². The van der Waals surface area contributed by atoms with Crippen LogP contribution in [0.2, 0.25) is 0 Å². The van der Waals surface area contributed by atoms with E-state index in [9.17, 15) is 19.8 Å². The summed E-state index contributed by atoms with van der Waals surface area (Å²) in [4.78, 5) is 47.9. The molecule has 77 heavy (non-hydrogen) atoms. The lowest BCUT2D eigenvalue weighted by Crippen LogP contribution is -2.13. The zero-order valence-corrected chi connectivity index (χ0v) is 43.7. The number of nitrogens with one attached hydrogen (secondary N) is 2. The Morgan fingerprint density at radius 2 is 0.779 bits per heavy atom. The van der Waals surface area contributed by atoms with Gasteiger partial charge in [-0.3, -0.25) is 0 Å². The van der Waals surface area contributed by atoms with Crippen molar-refractivity contribution in [3.05, 3.63) is 236 Å². The van der Waals surface area contributed by atoms with E-state index in [4.69, 9.17) is 9.97 Å². The van der Waals surface area contributed by atoms with Gasteiger partial charge in [0.05, 0.1) is 67.4 Å². The van der Waals surface area contributed by atoms with E-state index < -0.39 is 11.9 Å². The number of aryl methyl sites for hydroxylation is 7. The normalized spacial score (nSPS) is 11.6.